The van der Waals surface area contributed by atoms with Gasteiger partial charge in [-0.3, -0.25) is 4.79 Å². The Morgan fingerprint density at radius 2 is 2.14 bits per heavy atom. The lowest BCUT2D eigenvalue weighted by Crippen LogP contribution is -2.40. The number of rotatable bonds is 6. The predicted octanol–water partition coefficient (Wildman–Crippen LogP) is 1.35. The first-order valence-corrected chi connectivity index (χ1v) is 7.50. The van der Waals surface area contributed by atoms with E-state index in [2.05, 4.69) is 10.1 Å². The molecule has 0 spiro atoms. The fraction of sp³-hybridized carbons (Fsp3) is 0.714. The van der Waals surface area contributed by atoms with Crippen molar-refractivity contribution in [3.05, 3.63) is 11.7 Å². The van der Waals surface area contributed by atoms with E-state index in [1.54, 1.807) is 0 Å². The minimum absolute atomic E-state index is 0.0955. The van der Waals surface area contributed by atoms with Gasteiger partial charge in [-0.1, -0.05) is 5.16 Å². The van der Waals surface area contributed by atoms with E-state index < -0.39 is 12.0 Å². The molecule has 1 saturated heterocycles. The molecule has 7 nitrogen and oxygen atoms in total. The molecule has 0 radical (unpaired) electrons. The number of hydrogen-bond acceptors (Lipinski definition) is 5. The second-order valence-corrected chi connectivity index (χ2v) is 5.76. The molecule has 0 aromatic carbocycles. The van der Waals surface area contributed by atoms with Crippen LogP contribution >= 0.6 is 0 Å². The van der Waals surface area contributed by atoms with Gasteiger partial charge in [-0.15, -0.1) is 0 Å². The standard InChI is InChI=1S/C14H19N3O4/c18-12(17-8-2-3-10(17)14(19)20)5-1-4-11-15-13(16-21-11)9-6-7-9/h9-10H,1-8H2,(H,19,20)/t10-/m0/s1. The van der Waals surface area contributed by atoms with Crippen LogP contribution in [-0.2, 0) is 16.0 Å². The maximum absolute atomic E-state index is 12.1. The normalized spacial score (nSPS) is 21.7. The van der Waals surface area contributed by atoms with E-state index in [1.807, 2.05) is 0 Å². The zero-order valence-corrected chi connectivity index (χ0v) is 11.8. The molecular formula is C14H19N3O4. The molecule has 1 atom stereocenters. The van der Waals surface area contributed by atoms with E-state index in [-0.39, 0.29) is 5.91 Å². The molecule has 1 amide bonds. The molecule has 1 aromatic rings. The van der Waals surface area contributed by atoms with Crippen molar-refractivity contribution < 1.29 is 19.2 Å². The highest BCUT2D eigenvalue weighted by molar-refractivity contribution is 5.84. The summed E-state index contributed by atoms with van der Waals surface area (Å²) in [6.07, 6.45) is 5.06. The maximum Gasteiger partial charge on any atom is 0.326 e. The predicted molar refractivity (Wildman–Crippen MR) is 71.6 cm³/mol. The summed E-state index contributed by atoms with van der Waals surface area (Å²) in [6.45, 7) is 0.544. The quantitative estimate of drug-likeness (QED) is 0.850. The summed E-state index contributed by atoms with van der Waals surface area (Å²) in [4.78, 5) is 28.9. The van der Waals surface area contributed by atoms with Crippen molar-refractivity contribution in [2.45, 2.75) is 56.9 Å². The minimum Gasteiger partial charge on any atom is -0.480 e. The fourth-order valence-electron chi connectivity index (χ4n) is 2.73. The van der Waals surface area contributed by atoms with Crippen molar-refractivity contribution in [2.75, 3.05) is 6.54 Å². The summed E-state index contributed by atoms with van der Waals surface area (Å²) in [5, 5.41) is 13.0. The number of hydrogen-bond donors (Lipinski definition) is 1. The number of aromatic nitrogens is 2. The number of carbonyl (C=O) groups is 2. The zero-order valence-electron chi connectivity index (χ0n) is 11.8. The van der Waals surface area contributed by atoms with Gasteiger partial charge in [-0.05, 0) is 32.1 Å². The number of carboxylic acids is 1. The van der Waals surface area contributed by atoms with E-state index in [0.717, 1.165) is 25.1 Å². The molecule has 1 N–H and O–H groups in total. The highest BCUT2D eigenvalue weighted by atomic mass is 16.5. The van der Waals surface area contributed by atoms with Gasteiger partial charge in [0.15, 0.2) is 5.82 Å². The lowest BCUT2D eigenvalue weighted by Gasteiger charge is -2.21. The van der Waals surface area contributed by atoms with E-state index >= 15 is 0 Å². The summed E-state index contributed by atoms with van der Waals surface area (Å²) in [6, 6.07) is -0.651. The Labute approximate surface area is 122 Å². The van der Waals surface area contributed by atoms with Gasteiger partial charge < -0.3 is 14.5 Å². The highest BCUT2D eigenvalue weighted by Crippen LogP contribution is 2.38. The molecule has 7 heteroatoms. The van der Waals surface area contributed by atoms with Crippen LogP contribution in [0.5, 0.6) is 0 Å². The number of carbonyl (C=O) groups excluding carboxylic acids is 1. The summed E-state index contributed by atoms with van der Waals surface area (Å²) in [7, 11) is 0. The van der Waals surface area contributed by atoms with Crippen LogP contribution in [0.4, 0.5) is 0 Å². The van der Waals surface area contributed by atoms with Crippen LogP contribution in [0.2, 0.25) is 0 Å². The average Bonchev–Trinajstić information content (AvgIpc) is 3.01. The van der Waals surface area contributed by atoms with Gasteiger partial charge in [-0.2, -0.15) is 4.98 Å². The molecule has 1 aliphatic heterocycles. The monoisotopic (exact) mass is 293 g/mol. The Bertz CT molecular complexity index is 538. The Balaban J connectivity index is 1.45. The van der Waals surface area contributed by atoms with E-state index in [9.17, 15) is 9.59 Å². The van der Waals surface area contributed by atoms with Gasteiger partial charge in [-0.25, -0.2) is 4.79 Å². The summed E-state index contributed by atoms with van der Waals surface area (Å²) in [5.74, 6) is 0.807. The molecule has 2 heterocycles. The maximum atomic E-state index is 12.1. The van der Waals surface area contributed by atoms with Gasteiger partial charge in [0.2, 0.25) is 11.8 Å². The van der Waals surface area contributed by atoms with Crippen LogP contribution in [-0.4, -0.2) is 44.6 Å². The Morgan fingerprint density at radius 3 is 2.86 bits per heavy atom. The van der Waals surface area contributed by atoms with Crippen LogP contribution in [0.25, 0.3) is 0 Å². The van der Waals surface area contributed by atoms with Crippen LogP contribution < -0.4 is 0 Å². The van der Waals surface area contributed by atoms with Crippen molar-refractivity contribution in [3.8, 4) is 0 Å². The molecule has 0 bridgehead atoms. The molecule has 114 valence electrons. The second-order valence-electron chi connectivity index (χ2n) is 5.76. The van der Waals surface area contributed by atoms with Gasteiger partial charge in [0, 0.05) is 25.3 Å². The van der Waals surface area contributed by atoms with E-state index in [4.69, 9.17) is 9.63 Å². The molecular weight excluding hydrogens is 274 g/mol. The molecule has 21 heavy (non-hydrogen) atoms. The number of aryl methyl sites for hydroxylation is 1. The molecule has 1 aromatic heterocycles. The smallest absolute Gasteiger partial charge is 0.326 e. The van der Waals surface area contributed by atoms with Crippen molar-refractivity contribution in [3.63, 3.8) is 0 Å². The lowest BCUT2D eigenvalue weighted by molar-refractivity contribution is -0.148. The topological polar surface area (TPSA) is 96.5 Å². The lowest BCUT2D eigenvalue weighted by atomic mass is 10.2. The summed E-state index contributed by atoms with van der Waals surface area (Å²) in [5.41, 5.74) is 0. The van der Waals surface area contributed by atoms with Gasteiger partial charge in [0.25, 0.3) is 0 Å². The fourth-order valence-corrected chi connectivity index (χ4v) is 2.73. The van der Waals surface area contributed by atoms with E-state index in [0.29, 0.717) is 44.0 Å². The third kappa shape index (κ3) is 3.22. The third-order valence-corrected chi connectivity index (χ3v) is 4.07. The molecule has 3 rings (SSSR count). The van der Waals surface area contributed by atoms with Crippen molar-refractivity contribution >= 4 is 11.9 Å². The van der Waals surface area contributed by atoms with Crippen molar-refractivity contribution in [1.82, 2.24) is 15.0 Å². The molecule has 1 saturated carbocycles. The Morgan fingerprint density at radius 1 is 1.33 bits per heavy atom. The summed E-state index contributed by atoms with van der Waals surface area (Å²) < 4.78 is 5.15. The van der Waals surface area contributed by atoms with Gasteiger partial charge >= 0.3 is 5.97 Å². The van der Waals surface area contributed by atoms with Crippen molar-refractivity contribution in [1.29, 1.82) is 0 Å². The van der Waals surface area contributed by atoms with Crippen LogP contribution in [0.1, 0.15) is 56.2 Å². The Kier molecular flexibility index (Phi) is 3.90. The first kappa shape index (κ1) is 14.0. The third-order valence-electron chi connectivity index (χ3n) is 4.07. The van der Waals surface area contributed by atoms with Crippen LogP contribution in [0, 0.1) is 0 Å². The average molecular weight is 293 g/mol. The number of likely N-dealkylation sites (tertiary alicyclic amines) is 1. The Hall–Kier alpha value is -1.92. The first-order chi connectivity index (χ1) is 10.1. The molecule has 2 aliphatic rings. The zero-order chi connectivity index (χ0) is 14.8. The largest absolute Gasteiger partial charge is 0.480 e. The first-order valence-electron chi connectivity index (χ1n) is 7.50. The van der Waals surface area contributed by atoms with Crippen molar-refractivity contribution in [2.24, 2.45) is 0 Å². The number of carboxylic acid groups (broad SMARTS) is 1. The van der Waals surface area contributed by atoms with E-state index in [1.165, 1.54) is 4.90 Å². The highest BCUT2D eigenvalue weighted by Gasteiger charge is 2.33. The second kappa shape index (κ2) is 5.83. The minimum atomic E-state index is -0.910. The number of nitrogens with zero attached hydrogens (tertiary/aromatic N) is 3. The van der Waals surface area contributed by atoms with Gasteiger partial charge in [0.05, 0.1) is 0 Å². The van der Waals surface area contributed by atoms with Gasteiger partial charge in [0.1, 0.15) is 6.04 Å². The number of aliphatic carboxylic acids is 1. The van der Waals surface area contributed by atoms with Crippen LogP contribution in [0.3, 0.4) is 0 Å². The SMILES string of the molecule is O=C(O)[C@@H]1CCCN1C(=O)CCCc1nc(C2CC2)no1. The molecule has 1 aliphatic carbocycles. The summed E-state index contributed by atoms with van der Waals surface area (Å²) >= 11 is 0. The van der Waals surface area contributed by atoms with Crippen LogP contribution in [0.15, 0.2) is 4.52 Å². The molecule has 0 unspecified atom stereocenters. The number of amides is 1. The molecule has 2 fully saturated rings.